The largest absolute Gasteiger partial charge is 0.508 e. The minimum Gasteiger partial charge on any atom is -0.508 e. The normalized spacial score (nSPS) is 14.0. The van der Waals surface area contributed by atoms with Gasteiger partial charge in [-0.2, -0.15) is 0 Å². The highest BCUT2D eigenvalue weighted by molar-refractivity contribution is 9.12. The predicted octanol–water partition coefficient (Wildman–Crippen LogP) is 4.38. The van der Waals surface area contributed by atoms with Crippen LogP contribution in [0.25, 0.3) is 0 Å². The van der Waals surface area contributed by atoms with Crippen molar-refractivity contribution in [1.82, 2.24) is 0 Å². The van der Waals surface area contributed by atoms with Crippen molar-refractivity contribution >= 4 is 31.9 Å². The molecular formula is C14H12Br2O3. The molecule has 3 nitrogen and oxygen atoms in total. The second kappa shape index (κ2) is 5.84. The van der Waals surface area contributed by atoms with Crippen molar-refractivity contribution in [3.8, 4) is 17.2 Å². The highest BCUT2D eigenvalue weighted by atomic mass is 79.9. The molecule has 0 aliphatic heterocycles. The van der Waals surface area contributed by atoms with Gasteiger partial charge in [-0.15, -0.1) is 0 Å². The van der Waals surface area contributed by atoms with Gasteiger partial charge in [-0.05, 0) is 35.4 Å². The number of rotatable bonds is 3. The van der Waals surface area contributed by atoms with Crippen molar-refractivity contribution in [3.63, 3.8) is 0 Å². The van der Waals surface area contributed by atoms with Gasteiger partial charge in [0.2, 0.25) is 0 Å². The van der Waals surface area contributed by atoms with Gasteiger partial charge in [0, 0.05) is 6.07 Å². The summed E-state index contributed by atoms with van der Waals surface area (Å²) in [6, 6.07) is 11.3. The maximum Gasteiger partial charge on any atom is 0.119 e. The van der Waals surface area contributed by atoms with Gasteiger partial charge in [0.25, 0.3) is 0 Å². The molecule has 0 heterocycles. The van der Waals surface area contributed by atoms with E-state index >= 15 is 0 Å². The fraction of sp³-hybridized carbons (Fsp3) is 0.143. The van der Waals surface area contributed by atoms with Crippen molar-refractivity contribution < 1.29 is 15.3 Å². The first kappa shape index (κ1) is 14.2. The lowest BCUT2D eigenvalue weighted by Crippen LogP contribution is -1.99. The lowest BCUT2D eigenvalue weighted by molar-refractivity contribution is 0.449. The van der Waals surface area contributed by atoms with Crippen LogP contribution < -0.4 is 0 Å². The molecular weight excluding hydrogens is 376 g/mol. The molecule has 2 aromatic rings. The molecule has 2 rings (SSSR count). The van der Waals surface area contributed by atoms with Crippen LogP contribution in [0.5, 0.6) is 17.2 Å². The monoisotopic (exact) mass is 386 g/mol. The average Bonchev–Trinajstić information content (AvgIpc) is 2.37. The molecule has 2 atom stereocenters. The number of alkyl halides is 2. The van der Waals surface area contributed by atoms with E-state index in [1.165, 1.54) is 6.07 Å². The number of aromatic hydroxyl groups is 3. The summed E-state index contributed by atoms with van der Waals surface area (Å²) < 4.78 is 0. The minimum absolute atomic E-state index is 0.0184. The van der Waals surface area contributed by atoms with Gasteiger partial charge in [-0.1, -0.05) is 44.0 Å². The lowest BCUT2D eigenvalue weighted by atomic mass is 10.0. The van der Waals surface area contributed by atoms with Gasteiger partial charge < -0.3 is 15.3 Å². The molecule has 0 radical (unpaired) electrons. The Kier molecular flexibility index (Phi) is 4.37. The Balaban J connectivity index is 2.27. The zero-order valence-electron chi connectivity index (χ0n) is 9.79. The number of benzene rings is 2. The van der Waals surface area contributed by atoms with Gasteiger partial charge in [-0.25, -0.2) is 0 Å². The number of phenolic OH excluding ortho intramolecular Hbond substituents is 3. The Morgan fingerprint density at radius 1 is 0.632 bits per heavy atom. The highest BCUT2D eigenvalue weighted by Crippen LogP contribution is 2.44. The zero-order valence-corrected chi connectivity index (χ0v) is 13.0. The quantitative estimate of drug-likeness (QED) is 0.685. The van der Waals surface area contributed by atoms with Gasteiger partial charge in [0.1, 0.15) is 17.2 Å². The predicted molar refractivity (Wildman–Crippen MR) is 81.2 cm³/mol. The Morgan fingerprint density at radius 2 is 1.11 bits per heavy atom. The molecule has 0 fully saturated rings. The number of hydrogen-bond acceptors (Lipinski definition) is 3. The van der Waals surface area contributed by atoms with E-state index in [-0.39, 0.29) is 26.9 Å². The molecule has 3 N–H and O–H groups in total. The molecule has 0 saturated heterocycles. The number of phenols is 3. The SMILES string of the molecule is Oc1ccc(C(Br)C(Br)c2cc(O)cc(O)c2)cc1. The van der Waals surface area contributed by atoms with Gasteiger partial charge in [0.15, 0.2) is 0 Å². The lowest BCUT2D eigenvalue weighted by Gasteiger charge is -2.18. The van der Waals surface area contributed by atoms with Crippen molar-refractivity contribution in [2.24, 2.45) is 0 Å². The van der Waals surface area contributed by atoms with Crippen LogP contribution in [-0.4, -0.2) is 15.3 Å². The molecule has 2 unspecified atom stereocenters. The Bertz CT molecular complexity index is 549. The molecule has 0 bridgehead atoms. The summed E-state index contributed by atoms with van der Waals surface area (Å²) in [5.74, 6) is 0.249. The maximum atomic E-state index is 9.50. The smallest absolute Gasteiger partial charge is 0.119 e. The molecule has 2 aromatic carbocycles. The summed E-state index contributed by atoms with van der Waals surface area (Å²) >= 11 is 7.11. The summed E-state index contributed by atoms with van der Waals surface area (Å²) in [7, 11) is 0. The van der Waals surface area contributed by atoms with Crippen LogP contribution >= 0.6 is 31.9 Å². The second-order valence-corrected chi connectivity index (χ2v) is 6.15. The molecule has 5 heteroatoms. The van der Waals surface area contributed by atoms with Crippen LogP contribution in [0.15, 0.2) is 42.5 Å². The second-order valence-electron chi connectivity index (χ2n) is 4.18. The van der Waals surface area contributed by atoms with E-state index in [1.54, 1.807) is 24.3 Å². The Hall–Kier alpha value is -1.20. The third kappa shape index (κ3) is 3.42. The fourth-order valence-electron chi connectivity index (χ4n) is 1.77. The summed E-state index contributed by atoms with van der Waals surface area (Å²) in [6.45, 7) is 0. The molecule has 100 valence electrons. The van der Waals surface area contributed by atoms with E-state index in [9.17, 15) is 15.3 Å². The van der Waals surface area contributed by atoms with Gasteiger partial charge >= 0.3 is 0 Å². The van der Waals surface area contributed by atoms with Crippen molar-refractivity contribution in [1.29, 1.82) is 0 Å². The van der Waals surface area contributed by atoms with Gasteiger partial charge in [0.05, 0.1) is 9.65 Å². The summed E-state index contributed by atoms with van der Waals surface area (Å²) in [5, 5.41) is 28.3. The van der Waals surface area contributed by atoms with E-state index in [0.717, 1.165) is 11.1 Å². The van der Waals surface area contributed by atoms with Crippen molar-refractivity contribution in [2.45, 2.75) is 9.65 Å². The van der Waals surface area contributed by atoms with Crippen LogP contribution in [0.2, 0.25) is 0 Å². The summed E-state index contributed by atoms with van der Waals surface area (Å²) in [4.78, 5) is -0.190. The molecule has 0 amide bonds. The van der Waals surface area contributed by atoms with E-state index in [1.807, 2.05) is 12.1 Å². The summed E-state index contributed by atoms with van der Waals surface area (Å²) in [6.07, 6.45) is 0. The number of halogens is 2. The first-order valence-electron chi connectivity index (χ1n) is 5.57. The maximum absolute atomic E-state index is 9.50. The topological polar surface area (TPSA) is 60.7 Å². The average molecular weight is 388 g/mol. The molecule has 0 aromatic heterocycles. The Labute approximate surface area is 127 Å². The molecule has 0 aliphatic rings. The summed E-state index contributed by atoms with van der Waals surface area (Å²) in [5.41, 5.74) is 1.73. The van der Waals surface area contributed by atoms with E-state index in [4.69, 9.17) is 0 Å². The fourth-order valence-corrected chi connectivity index (χ4v) is 2.95. The molecule has 0 saturated carbocycles. The van der Waals surface area contributed by atoms with Crippen LogP contribution in [0.3, 0.4) is 0 Å². The van der Waals surface area contributed by atoms with Crippen LogP contribution in [0.1, 0.15) is 20.8 Å². The molecule has 0 spiro atoms. The van der Waals surface area contributed by atoms with Gasteiger partial charge in [-0.3, -0.25) is 0 Å². The van der Waals surface area contributed by atoms with Crippen LogP contribution in [-0.2, 0) is 0 Å². The van der Waals surface area contributed by atoms with Crippen LogP contribution in [0.4, 0.5) is 0 Å². The third-order valence-electron chi connectivity index (χ3n) is 2.71. The van der Waals surface area contributed by atoms with E-state index in [2.05, 4.69) is 31.9 Å². The first-order valence-corrected chi connectivity index (χ1v) is 7.40. The van der Waals surface area contributed by atoms with Crippen molar-refractivity contribution in [2.75, 3.05) is 0 Å². The minimum atomic E-state index is -0.130. The van der Waals surface area contributed by atoms with Crippen molar-refractivity contribution in [3.05, 3.63) is 53.6 Å². The van der Waals surface area contributed by atoms with E-state index in [0.29, 0.717) is 0 Å². The standard InChI is InChI=1S/C14H12Br2O3/c15-13(8-1-3-10(17)4-2-8)14(16)9-5-11(18)7-12(19)6-9/h1-7,13-14,17-19H. The molecule has 0 aliphatic carbocycles. The molecule has 19 heavy (non-hydrogen) atoms. The number of hydrogen-bond donors (Lipinski definition) is 3. The van der Waals surface area contributed by atoms with Crippen LogP contribution in [0, 0.1) is 0 Å². The first-order chi connectivity index (χ1) is 8.97. The Morgan fingerprint density at radius 3 is 1.63 bits per heavy atom. The third-order valence-corrected chi connectivity index (χ3v) is 5.54. The van der Waals surface area contributed by atoms with E-state index < -0.39 is 0 Å². The highest BCUT2D eigenvalue weighted by Gasteiger charge is 2.20. The zero-order chi connectivity index (χ0) is 14.0.